The van der Waals surface area contributed by atoms with Gasteiger partial charge in [0.1, 0.15) is 4.88 Å². The first-order valence-corrected chi connectivity index (χ1v) is 8.57. The van der Waals surface area contributed by atoms with Gasteiger partial charge in [-0.25, -0.2) is 23.1 Å². The van der Waals surface area contributed by atoms with Crippen molar-refractivity contribution in [1.29, 1.82) is 0 Å². The lowest BCUT2D eigenvalue weighted by Crippen LogP contribution is -2.68. The van der Waals surface area contributed by atoms with Crippen LogP contribution in [-0.2, 0) is 12.8 Å². The van der Waals surface area contributed by atoms with Crippen molar-refractivity contribution in [1.82, 2.24) is 0 Å². The van der Waals surface area contributed by atoms with Crippen LogP contribution in [-0.4, -0.2) is 0 Å². The Hall–Kier alpha value is -1.02. The van der Waals surface area contributed by atoms with Gasteiger partial charge in [0.25, 0.3) is 0 Å². The highest BCUT2D eigenvalue weighted by Gasteiger charge is 2.23. The first-order chi connectivity index (χ1) is 9.84. The van der Waals surface area contributed by atoms with Gasteiger partial charge in [0.2, 0.25) is 0 Å². The first kappa shape index (κ1) is 16.4. The molecule has 3 rings (SSSR count). The Balaban J connectivity index is 0.000000282. The number of thiophene rings is 1. The van der Waals surface area contributed by atoms with Gasteiger partial charge in [0.15, 0.2) is 0 Å². The minimum atomic E-state index is -4.94. The second-order valence-corrected chi connectivity index (χ2v) is 6.44. The van der Waals surface area contributed by atoms with E-state index in [2.05, 4.69) is 30.5 Å². The van der Waals surface area contributed by atoms with E-state index in [1.54, 1.807) is 11.3 Å². The molecule has 1 aliphatic rings. The van der Waals surface area contributed by atoms with E-state index in [0.29, 0.717) is 0 Å². The standard InChI is InChI=1S/C14H15OS.ClHO4/c1-10-12-6-3-2-5-11(12)9-13(15-10)14-7-4-8-16-14;2-1(3,4)5/h4,7-9H,2-3,5-6H2,1H3;(H,2,3,4,5)/q+1;/p-1. The lowest BCUT2D eigenvalue weighted by Gasteiger charge is -2.17. The van der Waals surface area contributed by atoms with Crippen molar-refractivity contribution in [2.75, 3.05) is 0 Å². The molecule has 2 heterocycles. The van der Waals surface area contributed by atoms with Crippen LogP contribution in [0.5, 0.6) is 0 Å². The summed E-state index contributed by atoms with van der Waals surface area (Å²) in [4.78, 5) is 1.23. The summed E-state index contributed by atoms with van der Waals surface area (Å²) in [5.74, 6) is 2.15. The SMILES string of the molecule is Cc1[o+]c(-c2cccs2)cc2c1CCCC2.[O-][Cl+3]([O-])([O-])[O-]. The van der Waals surface area contributed by atoms with Crippen LogP contribution in [0.2, 0.25) is 0 Å². The van der Waals surface area contributed by atoms with E-state index in [9.17, 15) is 0 Å². The third-order valence-corrected chi connectivity index (χ3v) is 4.15. The summed E-state index contributed by atoms with van der Waals surface area (Å²) in [7, 11) is -4.94. The van der Waals surface area contributed by atoms with Gasteiger partial charge in [-0.15, -0.1) is 21.6 Å². The quantitative estimate of drug-likeness (QED) is 0.669. The summed E-state index contributed by atoms with van der Waals surface area (Å²) in [5, 5.41) is 2.10. The normalized spacial score (nSPS) is 14.1. The maximum Gasteiger partial charge on any atom is 0.370 e. The Morgan fingerprint density at radius 1 is 1.14 bits per heavy atom. The zero-order valence-corrected chi connectivity index (χ0v) is 13.0. The molecule has 0 saturated heterocycles. The first-order valence-electron chi connectivity index (χ1n) is 6.46. The van der Waals surface area contributed by atoms with E-state index in [4.69, 9.17) is 23.1 Å². The van der Waals surface area contributed by atoms with Crippen LogP contribution in [0.15, 0.2) is 28.0 Å². The van der Waals surface area contributed by atoms with Crippen LogP contribution in [0.25, 0.3) is 10.6 Å². The highest BCUT2D eigenvalue weighted by molar-refractivity contribution is 7.13. The van der Waals surface area contributed by atoms with Crippen LogP contribution < -0.4 is 18.6 Å². The lowest BCUT2D eigenvalue weighted by atomic mass is 9.91. The second kappa shape index (κ2) is 6.83. The summed E-state index contributed by atoms with van der Waals surface area (Å²) >= 11 is 1.74. The fourth-order valence-electron chi connectivity index (χ4n) is 2.44. The summed E-state index contributed by atoms with van der Waals surface area (Å²) in [6.07, 6.45) is 5.03. The number of hydrogen-bond acceptors (Lipinski definition) is 5. The third-order valence-electron chi connectivity index (χ3n) is 3.27. The van der Waals surface area contributed by atoms with Crippen molar-refractivity contribution in [2.45, 2.75) is 32.6 Å². The largest absolute Gasteiger partial charge is 0.370 e. The molecule has 21 heavy (non-hydrogen) atoms. The van der Waals surface area contributed by atoms with Crippen LogP contribution >= 0.6 is 11.3 Å². The van der Waals surface area contributed by atoms with Gasteiger partial charge in [0.05, 0.1) is 12.5 Å². The fraction of sp³-hybridized carbons (Fsp3) is 0.357. The molecule has 1 aliphatic carbocycles. The average Bonchev–Trinajstić information content (AvgIpc) is 2.90. The Morgan fingerprint density at radius 2 is 1.81 bits per heavy atom. The Labute approximate surface area is 128 Å². The van der Waals surface area contributed by atoms with Gasteiger partial charge >= 0.3 is 11.5 Å². The second-order valence-electron chi connectivity index (χ2n) is 4.73. The molecule has 0 atom stereocenters. The molecule has 2 aromatic heterocycles. The van der Waals surface area contributed by atoms with Crippen molar-refractivity contribution in [2.24, 2.45) is 0 Å². The maximum atomic E-state index is 8.49. The van der Waals surface area contributed by atoms with Crippen molar-refractivity contribution >= 4 is 11.3 Å². The highest BCUT2D eigenvalue weighted by Crippen LogP contribution is 2.32. The van der Waals surface area contributed by atoms with Crippen molar-refractivity contribution in [3.8, 4) is 10.6 Å². The molecule has 2 aromatic rings. The molecule has 5 nitrogen and oxygen atoms in total. The number of halogens is 1. The van der Waals surface area contributed by atoms with E-state index in [1.165, 1.54) is 41.7 Å². The van der Waals surface area contributed by atoms with Crippen molar-refractivity contribution in [3.05, 3.63) is 40.5 Å². The van der Waals surface area contributed by atoms with Crippen LogP contribution in [0.4, 0.5) is 0 Å². The number of aryl methyl sites for hydroxylation is 2. The number of hydrogen-bond donors (Lipinski definition) is 0. The maximum absolute atomic E-state index is 8.49. The summed E-state index contributed by atoms with van der Waals surface area (Å²) < 4.78 is 39.9. The average molecular weight is 331 g/mol. The van der Waals surface area contributed by atoms with Gasteiger partial charge in [-0.1, -0.05) is 6.07 Å². The summed E-state index contributed by atoms with van der Waals surface area (Å²) in [6.45, 7) is 2.10. The van der Waals surface area contributed by atoms with Crippen molar-refractivity contribution in [3.63, 3.8) is 0 Å². The van der Waals surface area contributed by atoms with Gasteiger partial charge in [0, 0.05) is 6.07 Å². The van der Waals surface area contributed by atoms with Gasteiger partial charge < -0.3 is 0 Å². The Morgan fingerprint density at radius 3 is 2.43 bits per heavy atom. The zero-order valence-electron chi connectivity index (χ0n) is 11.5. The van der Waals surface area contributed by atoms with Crippen LogP contribution in [0.1, 0.15) is 29.7 Å². The molecule has 0 saturated carbocycles. The van der Waals surface area contributed by atoms with E-state index in [-0.39, 0.29) is 0 Å². The van der Waals surface area contributed by atoms with Crippen LogP contribution in [0, 0.1) is 17.2 Å². The minimum absolute atomic E-state index is 1.04. The monoisotopic (exact) mass is 330 g/mol. The van der Waals surface area contributed by atoms with E-state index in [1.807, 2.05) is 0 Å². The molecular formula is C14H15ClO5S. The van der Waals surface area contributed by atoms with Crippen LogP contribution in [0.3, 0.4) is 0 Å². The predicted molar refractivity (Wildman–Crippen MR) is 67.8 cm³/mol. The zero-order chi connectivity index (χ0) is 15.5. The molecule has 0 amide bonds. The molecule has 7 heteroatoms. The molecule has 0 aliphatic heterocycles. The Bertz CT molecular complexity index is 586. The lowest BCUT2D eigenvalue weighted by molar-refractivity contribution is -2.00. The smallest absolute Gasteiger partial charge is 0.222 e. The highest BCUT2D eigenvalue weighted by atomic mass is 35.7. The van der Waals surface area contributed by atoms with E-state index >= 15 is 0 Å². The number of rotatable bonds is 1. The number of fused-ring (bicyclic) bond motifs is 1. The molecule has 0 fully saturated rings. The minimum Gasteiger partial charge on any atom is -0.222 e. The topological polar surface area (TPSA) is 104 Å². The molecule has 0 spiro atoms. The Kier molecular flexibility index (Phi) is 5.32. The molecule has 114 valence electrons. The molecule has 0 radical (unpaired) electrons. The fourth-order valence-corrected chi connectivity index (χ4v) is 3.12. The summed E-state index contributed by atoms with van der Waals surface area (Å²) in [6, 6.07) is 6.44. The van der Waals surface area contributed by atoms with E-state index in [0.717, 1.165) is 11.5 Å². The predicted octanol–water partition coefficient (Wildman–Crippen LogP) is -0.280. The third kappa shape index (κ3) is 5.03. The molecule has 0 aromatic carbocycles. The molecule has 0 N–H and O–H groups in total. The van der Waals surface area contributed by atoms with Crippen molar-refractivity contribution < 1.29 is 33.3 Å². The molecule has 0 bridgehead atoms. The summed E-state index contributed by atoms with van der Waals surface area (Å²) in [5.41, 5.74) is 2.95. The molecule has 0 unspecified atom stereocenters. The van der Waals surface area contributed by atoms with Gasteiger partial charge in [-0.05, 0) is 42.7 Å². The van der Waals surface area contributed by atoms with Gasteiger partial charge in [-0.3, -0.25) is 0 Å². The van der Waals surface area contributed by atoms with E-state index < -0.39 is 10.2 Å². The van der Waals surface area contributed by atoms with Gasteiger partial charge in [-0.2, -0.15) is 0 Å². The molecular weight excluding hydrogens is 316 g/mol.